The Morgan fingerprint density at radius 1 is 1.35 bits per heavy atom. The van der Waals surface area contributed by atoms with E-state index in [-0.39, 0.29) is 23.0 Å². The highest BCUT2D eigenvalue weighted by Crippen LogP contribution is 2.36. The lowest BCUT2D eigenvalue weighted by Crippen LogP contribution is -2.18. The van der Waals surface area contributed by atoms with Crippen LogP contribution in [0.25, 0.3) is 0 Å². The Morgan fingerprint density at radius 3 is 2.70 bits per heavy atom. The number of benzene rings is 1. The first-order valence-electron chi connectivity index (χ1n) is 6.84. The molecule has 1 atom stereocenters. The molecule has 2 rings (SSSR count). The lowest BCUT2D eigenvalue weighted by Gasteiger charge is -2.16. The van der Waals surface area contributed by atoms with Gasteiger partial charge in [0, 0.05) is 23.8 Å². The number of hydrogen-bond acceptors (Lipinski definition) is 2. The third-order valence-corrected chi connectivity index (χ3v) is 3.54. The molecule has 0 radical (unpaired) electrons. The molecule has 1 aromatic heterocycles. The molecule has 2 aromatic rings. The maximum atomic E-state index is 13.0. The number of rotatable bonds is 4. The normalized spacial score (nSPS) is 12.7. The van der Waals surface area contributed by atoms with Crippen molar-refractivity contribution in [3.05, 3.63) is 58.9 Å². The van der Waals surface area contributed by atoms with Crippen LogP contribution in [0.15, 0.2) is 42.7 Å². The average Bonchev–Trinajstić information content (AvgIpc) is 2.49. The summed E-state index contributed by atoms with van der Waals surface area (Å²) >= 11 is 5.60. The molecule has 122 valence electrons. The Labute approximate surface area is 136 Å². The van der Waals surface area contributed by atoms with Crippen molar-refractivity contribution in [2.75, 3.05) is 5.32 Å². The van der Waals surface area contributed by atoms with Gasteiger partial charge in [0.1, 0.15) is 0 Å². The highest BCUT2D eigenvalue weighted by Gasteiger charge is 2.34. The van der Waals surface area contributed by atoms with E-state index in [1.165, 1.54) is 6.07 Å². The molecule has 0 spiro atoms. The number of alkyl halides is 3. The molecule has 0 aliphatic rings. The van der Waals surface area contributed by atoms with Crippen LogP contribution in [-0.2, 0) is 11.0 Å². The second-order valence-electron chi connectivity index (χ2n) is 5.13. The van der Waals surface area contributed by atoms with Crippen LogP contribution in [-0.4, -0.2) is 10.9 Å². The fraction of sp³-hybridized carbons (Fsp3) is 0.250. The van der Waals surface area contributed by atoms with Crippen molar-refractivity contribution >= 4 is 23.2 Å². The Balaban J connectivity index is 2.12. The zero-order chi connectivity index (χ0) is 17.0. The van der Waals surface area contributed by atoms with Crippen LogP contribution in [0.1, 0.15) is 30.4 Å². The van der Waals surface area contributed by atoms with E-state index in [1.54, 1.807) is 18.5 Å². The fourth-order valence-corrected chi connectivity index (χ4v) is 2.30. The molecule has 1 heterocycles. The van der Waals surface area contributed by atoms with Gasteiger partial charge in [0.15, 0.2) is 0 Å². The number of pyridine rings is 1. The Hall–Kier alpha value is -2.08. The van der Waals surface area contributed by atoms with Crippen LogP contribution in [0.4, 0.5) is 18.9 Å². The number of carbonyl (C=O) groups excluding carboxylic acids is 1. The molecule has 1 unspecified atom stereocenters. The summed E-state index contributed by atoms with van der Waals surface area (Å²) in [6.45, 7) is 1.81. The fourth-order valence-electron chi connectivity index (χ4n) is 2.12. The van der Waals surface area contributed by atoms with Gasteiger partial charge < -0.3 is 5.32 Å². The number of hydrogen-bond donors (Lipinski definition) is 1. The average molecular weight is 343 g/mol. The maximum Gasteiger partial charge on any atom is 0.418 e. The SMILES string of the molecule is CC(CC(=O)Nc1ccc(Cl)cc1C(F)(F)F)c1cccnc1. The molecule has 0 aliphatic heterocycles. The van der Waals surface area contributed by atoms with Crippen molar-refractivity contribution in [2.45, 2.75) is 25.4 Å². The van der Waals surface area contributed by atoms with Gasteiger partial charge in [0.05, 0.1) is 11.3 Å². The van der Waals surface area contributed by atoms with Crippen molar-refractivity contribution in [2.24, 2.45) is 0 Å². The Kier molecular flexibility index (Phi) is 5.26. The monoisotopic (exact) mass is 342 g/mol. The van der Waals surface area contributed by atoms with Gasteiger partial charge >= 0.3 is 6.18 Å². The number of aromatic nitrogens is 1. The minimum Gasteiger partial charge on any atom is -0.325 e. The van der Waals surface area contributed by atoms with E-state index in [9.17, 15) is 18.0 Å². The predicted octanol–water partition coefficient (Wildman–Crippen LogP) is 4.89. The number of carbonyl (C=O) groups is 1. The van der Waals surface area contributed by atoms with Crippen LogP contribution in [0, 0.1) is 0 Å². The molecular weight excluding hydrogens is 329 g/mol. The highest BCUT2D eigenvalue weighted by molar-refractivity contribution is 6.30. The van der Waals surface area contributed by atoms with Crippen LogP contribution in [0.5, 0.6) is 0 Å². The van der Waals surface area contributed by atoms with Crippen molar-refractivity contribution in [1.82, 2.24) is 4.98 Å². The van der Waals surface area contributed by atoms with E-state index >= 15 is 0 Å². The molecule has 1 aromatic carbocycles. The van der Waals surface area contributed by atoms with Crippen LogP contribution < -0.4 is 5.32 Å². The van der Waals surface area contributed by atoms with Crippen molar-refractivity contribution in [1.29, 1.82) is 0 Å². The molecule has 0 aliphatic carbocycles. The zero-order valence-electron chi connectivity index (χ0n) is 12.2. The van der Waals surface area contributed by atoms with E-state index in [2.05, 4.69) is 10.3 Å². The van der Waals surface area contributed by atoms with Crippen molar-refractivity contribution in [3.63, 3.8) is 0 Å². The molecule has 23 heavy (non-hydrogen) atoms. The van der Waals surface area contributed by atoms with Gasteiger partial charge in [-0.2, -0.15) is 13.2 Å². The summed E-state index contributed by atoms with van der Waals surface area (Å²) in [5, 5.41) is 2.26. The standard InChI is InChI=1S/C16H14ClF3N2O/c1-10(11-3-2-6-21-9-11)7-15(23)22-14-5-4-12(17)8-13(14)16(18,19)20/h2-6,8-10H,7H2,1H3,(H,22,23). The zero-order valence-corrected chi connectivity index (χ0v) is 12.9. The molecule has 7 heteroatoms. The van der Waals surface area contributed by atoms with E-state index in [0.717, 1.165) is 17.7 Å². The number of nitrogens with one attached hydrogen (secondary N) is 1. The molecule has 0 saturated heterocycles. The minimum atomic E-state index is -4.59. The summed E-state index contributed by atoms with van der Waals surface area (Å²) in [7, 11) is 0. The third kappa shape index (κ3) is 4.69. The summed E-state index contributed by atoms with van der Waals surface area (Å²) in [6.07, 6.45) is -1.31. The maximum absolute atomic E-state index is 13.0. The van der Waals surface area contributed by atoms with Gasteiger partial charge in [-0.3, -0.25) is 9.78 Å². The first kappa shape index (κ1) is 17.3. The minimum absolute atomic E-state index is 0.0425. The van der Waals surface area contributed by atoms with Crippen LogP contribution in [0.3, 0.4) is 0 Å². The lowest BCUT2D eigenvalue weighted by atomic mass is 9.99. The summed E-state index contributed by atoms with van der Waals surface area (Å²) in [4.78, 5) is 16.0. The number of halogens is 4. The van der Waals surface area contributed by atoms with E-state index in [0.29, 0.717) is 0 Å². The van der Waals surface area contributed by atoms with Gasteiger partial charge in [-0.25, -0.2) is 0 Å². The van der Waals surface area contributed by atoms with Crippen LogP contribution >= 0.6 is 11.6 Å². The quantitative estimate of drug-likeness (QED) is 0.859. The smallest absolute Gasteiger partial charge is 0.325 e. The van der Waals surface area contributed by atoms with Gasteiger partial charge in [-0.05, 0) is 35.7 Å². The Morgan fingerprint density at radius 2 is 2.09 bits per heavy atom. The first-order chi connectivity index (χ1) is 10.8. The van der Waals surface area contributed by atoms with Gasteiger partial charge in [0.25, 0.3) is 0 Å². The molecule has 0 saturated carbocycles. The van der Waals surface area contributed by atoms with Crippen molar-refractivity contribution in [3.8, 4) is 0 Å². The van der Waals surface area contributed by atoms with E-state index in [4.69, 9.17) is 11.6 Å². The molecule has 0 fully saturated rings. The molecule has 1 amide bonds. The number of amides is 1. The third-order valence-electron chi connectivity index (χ3n) is 3.31. The molecule has 3 nitrogen and oxygen atoms in total. The van der Waals surface area contributed by atoms with Gasteiger partial charge in [-0.1, -0.05) is 24.6 Å². The van der Waals surface area contributed by atoms with Crippen LogP contribution in [0.2, 0.25) is 5.02 Å². The topological polar surface area (TPSA) is 42.0 Å². The predicted molar refractivity (Wildman–Crippen MR) is 82.4 cm³/mol. The highest BCUT2D eigenvalue weighted by atomic mass is 35.5. The molecular formula is C16H14ClF3N2O. The summed E-state index contributed by atoms with van der Waals surface area (Å²) < 4.78 is 39.0. The summed E-state index contributed by atoms with van der Waals surface area (Å²) in [6, 6.07) is 6.80. The van der Waals surface area contributed by atoms with E-state index < -0.39 is 17.6 Å². The van der Waals surface area contributed by atoms with Gasteiger partial charge in [-0.15, -0.1) is 0 Å². The molecule has 1 N–H and O–H groups in total. The lowest BCUT2D eigenvalue weighted by molar-refractivity contribution is -0.137. The second kappa shape index (κ2) is 7.00. The first-order valence-corrected chi connectivity index (χ1v) is 7.21. The van der Waals surface area contributed by atoms with E-state index in [1.807, 2.05) is 13.0 Å². The summed E-state index contributed by atoms with van der Waals surface area (Å²) in [5.74, 6) is -0.667. The Bertz CT molecular complexity index is 689. The van der Waals surface area contributed by atoms with Gasteiger partial charge in [0.2, 0.25) is 5.91 Å². The number of anilines is 1. The van der Waals surface area contributed by atoms with Crippen molar-refractivity contribution < 1.29 is 18.0 Å². The summed E-state index contributed by atoms with van der Waals surface area (Å²) in [5.41, 5.74) is -0.424. The second-order valence-corrected chi connectivity index (χ2v) is 5.56. The molecule has 0 bridgehead atoms. The number of nitrogens with zero attached hydrogens (tertiary/aromatic N) is 1. The largest absolute Gasteiger partial charge is 0.418 e.